The zero-order valence-electron chi connectivity index (χ0n) is 9.31. The highest BCUT2D eigenvalue weighted by atomic mass is 16.1. The van der Waals surface area contributed by atoms with Crippen LogP contribution in [0.15, 0.2) is 0 Å². The van der Waals surface area contributed by atoms with Gasteiger partial charge in [0.2, 0.25) is 5.91 Å². The molecule has 0 spiro atoms. The van der Waals surface area contributed by atoms with E-state index in [4.69, 9.17) is 0 Å². The summed E-state index contributed by atoms with van der Waals surface area (Å²) in [5, 5.41) is 2.48. The fourth-order valence-corrected chi connectivity index (χ4v) is 0.177. The smallest absolute Gasteiger partial charge is 0.219 e. The molecule has 0 saturated heterocycles. The molecule has 0 radical (unpaired) electrons. The fourth-order valence-electron chi connectivity index (χ4n) is 0.177. The Morgan fingerprint density at radius 2 is 1.46 bits per heavy atom. The van der Waals surface area contributed by atoms with Crippen LogP contribution < -0.4 is 11.1 Å². The van der Waals surface area contributed by atoms with Gasteiger partial charge in [-0.15, -0.1) is 0 Å². The van der Waals surface area contributed by atoms with Crippen molar-refractivity contribution in [3.63, 3.8) is 0 Å². The maximum Gasteiger partial charge on any atom is 0.219 e. The van der Waals surface area contributed by atoms with Gasteiger partial charge in [0.05, 0.1) is 0 Å². The van der Waals surface area contributed by atoms with E-state index in [9.17, 15) is 9.59 Å². The Balaban J connectivity index is -0.000000131. The molecule has 0 aliphatic carbocycles. The monoisotopic (exact) mass is 190 g/mol. The van der Waals surface area contributed by atoms with E-state index in [2.05, 4.69) is 11.1 Å². The van der Waals surface area contributed by atoms with E-state index >= 15 is 0 Å². The third kappa shape index (κ3) is 35.3. The first kappa shape index (κ1) is 18.0. The zero-order chi connectivity index (χ0) is 11.3. The Hall–Kier alpha value is -0.900. The Morgan fingerprint density at radius 3 is 1.46 bits per heavy atom. The van der Waals surface area contributed by atoms with Gasteiger partial charge in [0.15, 0.2) is 0 Å². The van der Waals surface area contributed by atoms with Gasteiger partial charge < -0.3 is 15.8 Å². The second-order valence-electron chi connectivity index (χ2n) is 2.08. The van der Waals surface area contributed by atoms with E-state index in [1.165, 1.54) is 7.05 Å². The summed E-state index contributed by atoms with van der Waals surface area (Å²) >= 11 is 0. The quantitative estimate of drug-likeness (QED) is 0.673. The van der Waals surface area contributed by atoms with Crippen LogP contribution in [0, 0.1) is 0 Å². The third-order valence-electron chi connectivity index (χ3n) is 1.10. The lowest BCUT2D eigenvalue weighted by Crippen LogP contribution is -2.15. The Kier molecular flexibility index (Phi) is 23.9. The molecular formula is C9H22N2O2. The first-order chi connectivity index (χ1) is 6.08. The molecule has 0 saturated carbocycles. The number of carbonyl (C=O) groups is 2. The first-order valence-corrected chi connectivity index (χ1v) is 4.36. The van der Waals surface area contributed by atoms with Gasteiger partial charge in [-0.25, -0.2) is 0 Å². The van der Waals surface area contributed by atoms with Crippen molar-refractivity contribution < 1.29 is 9.59 Å². The molecule has 4 nitrogen and oxygen atoms in total. The van der Waals surface area contributed by atoms with E-state index in [1.54, 1.807) is 14.0 Å². The third-order valence-corrected chi connectivity index (χ3v) is 1.10. The summed E-state index contributed by atoms with van der Waals surface area (Å²) < 4.78 is 0. The molecule has 3 N–H and O–H groups in total. The van der Waals surface area contributed by atoms with Crippen molar-refractivity contribution in [2.24, 2.45) is 5.73 Å². The number of rotatable bonds is 2. The Bertz CT molecular complexity index is 119. The number of hydrogen-bond donors (Lipinski definition) is 2. The molecule has 0 aromatic heterocycles. The van der Waals surface area contributed by atoms with E-state index in [1.807, 2.05) is 13.8 Å². The Morgan fingerprint density at radius 1 is 1.15 bits per heavy atom. The highest BCUT2D eigenvalue weighted by Gasteiger charge is 1.84. The number of carbonyl (C=O) groups excluding carboxylic acids is 2. The molecule has 4 heteroatoms. The summed E-state index contributed by atoms with van der Waals surface area (Å²) in [5.74, 6) is 0.347. The lowest BCUT2D eigenvalue weighted by molar-refractivity contribution is -0.120. The summed E-state index contributed by atoms with van der Waals surface area (Å²) in [6.45, 7) is 5.25. The van der Waals surface area contributed by atoms with Gasteiger partial charge in [0, 0.05) is 19.9 Å². The number of Topliss-reactive ketones (excluding diaryl/α,β-unsaturated/α-hetero) is 1. The van der Waals surface area contributed by atoms with E-state index in [0.29, 0.717) is 12.8 Å². The molecule has 0 fully saturated rings. The van der Waals surface area contributed by atoms with Crippen LogP contribution in [0.1, 0.15) is 33.6 Å². The minimum Gasteiger partial charge on any atom is -0.359 e. The minimum atomic E-state index is 0.0926. The minimum absolute atomic E-state index is 0.0926. The molecule has 1 amide bonds. The maximum atomic E-state index is 10.1. The van der Waals surface area contributed by atoms with Crippen LogP contribution in [0.4, 0.5) is 0 Å². The summed E-state index contributed by atoms with van der Waals surface area (Å²) in [6.07, 6.45) is 1.25. The molecule has 80 valence electrons. The second-order valence-corrected chi connectivity index (χ2v) is 2.08. The van der Waals surface area contributed by atoms with Crippen LogP contribution in [0.2, 0.25) is 0 Å². The van der Waals surface area contributed by atoms with Gasteiger partial charge in [-0.05, 0) is 14.0 Å². The standard InChI is InChI=1S/C4H9NO.C4H8O.CH5N/c1-3-4(6)5-2;1-3-4(2)5;1-2/h3H2,1-2H3,(H,5,6);3H2,1-2H3;2H2,1H3. The van der Waals surface area contributed by atoms with Gasteiger partial charge in [-0.1, -0.05) is 13.8 Å². The van der Waals surface area contributed by atoms with Crippen LogP contribution in [-0.4, -0.2) is 25.8 Å². The molecule has 0 bridgehead atoms. The van der Waals surface area contributed by atoms with E-state index in [-0.39, 0.29) is 11.7 Å². The highest BCUT2D eigenvalue weighted by molar-refractivity contribution is 5.75. The number of nitrogens with one attached hydrogen (secondary N) is 1. The molecule has 13 heavy (non-hydrogen) atoms. The van der Waals surface area contributed by atoms with Gasteiger partial charge in [0.1, 0.15) is 5.78 Å². The number of nitrogens with two attached hydrogens (primary N) is 1. The van der Waals surface area contributed by atoms with Crippen LogP contribution in [0.25, 0.3) is 0 Å². The summed E-state index contributed by atoms with van der Waals surface area (Å²) in [5.41, 5.74) is 4.50. The number of ketones is 1. The average molecular weight is 190 g/mol. The normalized spacial score (nSPS) is 6.92. The van der Waals surface area contributed by atoms with Crippen LogP contribution >= 0.6 is 0 Å². The van der Waals surface area contributed by atoms with Crippen molar-refractivity contribution in [3.05, 3.63) is 0 Å². The fraction of sp³-hybridized carbons (Fsp3) is 0.778. The SMILES string of the molecule is CCC(=O)NC.CCC(C)=O.CN. The van der Waals surface area contributed by atoms with Crippen molar-refractivity contribution in [3.8, 4) is 0 Å². The lowest BCUT2D eigenvalue weighted by Gasteiger charge is -1.87. The maximum absolute atomic E-state index is 10.1. The van der Waals surface area contributed by atoms with Crippen molar-refractivity contribution in [1.82, 2.24) is 5.32 Å². The predicted octanol–water partition coefficient (Wildman–Crippen LogP) is 0.703. The van der Waals surface area contributed by atoms with Gasteiger partial charge in [0.25, 0.3) is 0 Å². The molecular weight excluding hydrogens is 168 g/mol. The van der Waals surface area contributed by atoms with Crippen molar-refractivity contribution in [2.75, 3.05) is 14.1 Å². The van der Waals surface area contributed by atoms with Crippen LogP contribution in [0.5, 0.6) is 0 Å². The van der Waals surface area contributed by atoms with Crippen molar-refractivity contribution in [1.29, 1.82) is 0 Å². The molecule has 0 rings (SSSR count). The van der Waals surface area contributed by atoms with Crippen LogP contribution in [0.3, 0.4) is 0 Å². The zero-order valence-corrected chi connectivity index (χ0v) is 9.31. The van der Waals surface area contributed by atoms with E-state index < -0.39 is 0 Å². The molecule has 0 aliphatic heterocycles. The molecule has 0 aliphatic rings. The van der Waals surface area contributed by atoms with E-state index in [0.717, 1.165) is 0 Å². The van der Waals surface area contributed by atoms with Crippen molar-refractivity contribution in [2.45, 2.75) is 33.6 Å². The summed E-state index contributed by atoms with van der Waals surface area (Å²) in [7, 11) is 3.13. The Labute approximate surface area is 80.9 Å². The number of amides is 1. The lowest BCUT2D eigenvalue weighted by atomic mass is 10.4. The van der Waals surface area contributed by atoms with Gasteiger partial charge in [-0.3, -0.25) is 4.79 Å². The molecule has 0 atom stereocenters. The van der Waals surface area contributed by atoms with Gasteiger partial charge in [-0.2, -0.15) is 0 Å². The van der Waals surface area contributed by atoms with Crippen LogP contribution in [-0.2, 0) is 9.59 Å². The first-order valence-electron chi connectivity index (χ1n) is 4.36. The number of hydrogen-bond acceptors (Lipinski definition) is 3. The molecule has 0 heterocycles. The molecule has 0 aromatic rings. The second kappa shape index (κ2) is 17.3. The topological polar surface area (TPSA) is 72.2 Å². The molecule has 0 aromatic carbocycles. The molecule has 0 unspecified atom stereocenters. The highest BCUT2D eigenvalue weighted by Crippen LogP contribution is 1.71. The summed E-state index contributed by atoms with van der Waals surface area (Å²) in [4.78, 5) is 19.9. The van der Waals surface area contributed by atoms with Gasteiger partial charge >= 0.3 is 0 Å². The summed E-state index contributed by atoms with van der Waals surface area (Å²) in [6, 6.07) is 0. The largest absolute Gasteiger partial charge is 0.359 e. The predicted molar refractivity (Wildman–Crippen MR) is 55.4 cm³/mol. The van der Waals surface area contributed by atoms with Crippen molar-refractivity contribution >= 4 is 11.7 Å². The average Bonchev–Trinajstić information content (AvgIpc) is 2.20.